The SMILES string of the molecule is CCCCNC(=O)C1N([C@@H](CC)CO)C(=O)[C@@H]2[C@@H](C(=O)OCC)[C@@]3(C)CCC12S3. The van der Waals surface area contributed by atoms with Crippen LogP contribution in [0.15, 0.2) is 0 Å². The molecule has 3 saturated heterocycles. The molecule has 3 heterocycles. The van der Waals surface area contributed by atoms with Crippen LogP contribution in [-0.4, -0.2) is 69.1 Å². The van der Waals surface area contributed by atoms with Crippen LogP contribution in [0.25, 0.3) is 0 Å². The van der Waals surface area contributed by atoms with Crippen LogP contribution in [0.2, 0.25) is 0 Å². The molecule has 29 heavy (non-hydrogen) atoms. The molecular formula is C21H34N2O5S. The van der Waals surface area contributed by atoms with Gasteiger partial charge >= 0.3 is 5.97 Å². The average molecular weight is 427 g/mol. The van der Waals surface area contributed by atoms with Gasteiger partial charge in [0.2, 0.25) is 11.8 Å². The van der Waals surface area contributed by atoms with Gasteiger partial charge in [0.15, 0.2) is 0 Å². The molecule has 6 atom stereocenters. The van der Waals surface area contributed by atoms with Crippen molar-refractivity contribution in [3.8, 4) is 0 Å². The third-order valence-electron chi connectivity index (χ3n) is 6.91. The fourth-order valence-electron chi connectivity index (χ4n) is 5.55. The summed E-state index contributed by atoms with van der Waals surface area (Å²) in [6, 6.07) is -1.10. The van der Waals surface area contributed by atoms with Gasteiger partial charge in [-0.1, -0.05) is 20.3 Å². The number of likely N-dealkylation sites (tertiary alicyclic amines) is 1. The van der Waals surface area contributed by atoms with E-state index in [9.17, 15) is 19.5 Å². The molecule has 2 unspecified atom stereocenters. The zero-order valence-corrected chi connectivity index (χ0v) is 18.7. The van der Waals surface area contributed by atoms with Gasteiger partial charge in [0.05, 0.1) is 35.8 Å². The van der Waals surface area contributed by atoms with Gasteiger partial charge in [-0.25, -0.2) is 0 Å². The second kappa shape index (κ2) is 8.46. The minimum absolute atomic E-state index is 0.164. The molecule has 0 aliphatic carbocycles. The predicted molar refractivity (Wildman–Crippen MR) is 111 cm³/mol. The molecule has 3 fully saturated rings. The van der Waals surface area contributed by atoms with E-state index in [0.29, 0.717) is 19.4 Å². The molecule has 2 N–H and O–H groups in total. The minimum atomic E-state index is -0.666. The number of hydrogen-bond donors (Lipinski definition) is 2. The topological polar surface area (TPSA) is 95.9 Å². The highest BCUT2D eigenvalue weighted by atomic mass is 32.2. The van der Waals surface area contributed by atoms with Crippen molar-refractivity contribution in [1.82, 2.24) is 10.2 Å². The van der Waals surface area contributed by atoms with Crippen LogP contribution >= 0.6 is 11.8 Å². The number of amides is 2. The lowest BCUT2D eigenvalue weighted by atomic mass is 9.66. The van der Waals surface area contributed by atoms with E-state index in [4.69, 9.17) is 4.74 Å². The number of rotatable bonds is 9. The maximum atomic E-state index is 13.7. The van der Waals surface area contributed by atoms with Crippen molar-refractivity contribution in [3.05, 3.63) is 0 Å². The molecule has 0 aromatic rings. The molecular weight excluding hydrogens is 392 g/mol. The smallest absolute Gasteiger partial charge is 0.311 e. The average Bonchev–Trinajstić information content (AvgIpc) is 3.25. The maximum Gasteiger partial charge on any atom is 0.311 e. The number of ether oxygens (including phenoxy) is 1. The number of aliphatic hydroxyl groups excluding tert-OH is 1. The van der Waals surface area contributed by atoms with Gasteiger partial charge in [-0.15, -0.1) is 11.8 Å². The van der Waals surface area contributed by atoms with Gasteiger partial charge < -0.3 is 20.1 Å². The second-order valence-electron chi connectivity index (χ2n) is 8.61. The van der Waals surface area contributed by atoms with E-state index in [1.165, 1.54) is 0 Å². The molecule has 0 saturated carbocycles. The van der Waals surface area contributed by atoms with Crippen LogP contribution in [-0.2, 0) is 19.1 Å². The fourth-order valence-corrected chi connectivity index (χ4v) is 7.88. The predicted octanol–water partition coefficient (Wildman–Crippen LogP) is 1.72. The normalized spacial score (nSPS) is 36.2. The van der Waals surface area contributed by atoms with Gasteiger partial charge in [-0.2, -0.15) is 0 Å². The lowest BCUT2D eigenvalue weighted by Gasteiger charge is -2.36. The van der Waals surface area contributed by atoms with Crippen molar-refractivity contribution in [2.24, 2.45) is 11.8 Å². The highest BCUT2D eigenvalue weighted by Crippen LogP contribution is 2.71. The first kappa shape index (κ1) is 22.4. The Kier molecular flexibility index (Phi) is 6.53. The summed E-state index contributed by atoms with van der Waals surface area (Å²) in [5.74, 6) is -1.82. The number of fused-ring (bicyclic) bond motifs is 1. The first-order valence-corrected chi connectivity index (χ1v) is 11.7. The van der Waals surface area contributed by atoms with Gasteiger partial charge in [0.1, 0.15) is 6.04 Å². The number of thioether (sulfide) groups is 1. The molecule has 3 aliphatic rings. The molecule has 3 rings (SSSR count). The van der Waals surface area contributed by atoms with Crippen molar-refractivity contribution in [2.45, 2.75) is 81.4 Å². The molecule has 2 amide bonds. The van der Waals surface area contributed by atoms with Crippen LogP contribution in [0.4, 0.5) is 0 Å². The Balaban J connectivity index is 2.02. The van der Waals surface area contributed by atoms with Crippen molar-refractivity contribution >= 4 is 29.5 Å². The number of unbranched alkanes of at least 4 members (excludes halogenated alkanes) is 1. The number of esters is 1. The first-order valence-electron chi connectivity index (χ1n) is 10.9. The van der Waals surface area contributed by atoms with E-state index in [0.717, 1.165) is 19.3 Å². The third-order valence-corrected chi connectivity index (χ3v) is 8.89. The monoisotopic (exact) mass is 426 g/mol. The second-order valence-corrected chi connectivity index (χ2v) is 10.5. The van der Waals surface area contributed by atoms with Crippen LogP contribution < -0.4 is 5.32 Å². The Morgan fingerprint density at radius 3 is 2.66 bits per heavy atom. The molecule has 0 aromatic heterocycles. The largest absolute Gasteiger partial charge is 0.466 e. The number of nitrogens with one attached hydrogen (secondary N) is 1. The molecule has 2 bridgehead atoms. The van der Waals surface area contributed by atoms with E-state index >= 15 is 0 Å². The lowest BCUT2D eigenvalue weighted by molar-refractivity contribution is -0.155. The van der Waals surface area contributed by atoms with E-state index in [2.05, 4.69) is 12.2 Å². The Morgan fingerprint density at radius 2 is 2.07 bits per heavy atom. The molecule has 8 heteroatoms. The van der Waals surface area contributed by atoms with E-state index in [-0.39, 0.29) is 31.0 Å². The molecule has 3 aliphatic heterocycles. The van der Waals surface area contributed by atoms with Crippen molar-refractivity contribution < 1.29 is 24.2 Å². The molecule has 164 valence electrons. The summed E-state index contributed by atoms with van der Waals surface area (Å²) in [4.78, 5) is 41.4. The zero-order chi connectivity index (χ0) is 21.4. The van der Waals surface area contributed by atoms with Crippen LogP contribution in [0, 0.1) is 11.8 Å². The van der Waals surface area contributed by atoms with E-state index in [1.807, 2.05) is 13.8 Å². The summed E-state index contributed by atoms with van der Waals surface area (Å²) in [6.45, 7) is 8.39. The van der Waals surface area contributed by atoms with Crippen molar-refractivity contribution in [2.75, 3.05) is 19.8 Å². The highest BCUT2D eigenvalue weighted by molar-refractivity contribution is 8.02. The lowest BCUT2D eigenvalue weighted by Crippen LogP contribution is -2.56. The Bertz CT molecular complexity index is 669. The summed E-state index contributed by atoms with van der Waals surface area (Å²) in [5.41, 5.74) is 0. The van der Waals surface area contributed by atoms with Crippen molar-refractivity contribution in [1.29, 1.82) is 0 Å². The number of hydrogen-bond acceptors (Lipinski definition) is 6. The Labute approximate surface area is 177 Å². The summed E-state index contributed by atoms with van der Waals surface area (Å²) < 4.78 is 4.31. The van der Waals surface area contributed by atoms with Gasteiger partial charge in [0, 0.05) is 11.3 Å². The molecule has 0 aromatic carbocycles. The zero-order valence-electron chi connectivity index (χ0n) is 17.9. The summed E-state index contributed by atoms with van der Waals surface area (Å²) in [5, 5.41) is 12.9. The first-order chi connectivity index (χ1) is 13.8. The molecule has 1 spiro atoms. The number of nitrogens with zero attached hydrogens (tertiary/aromatic N) is 1. The Hall–Kier alpha value is -1.28. The fraction of sp³-hybridized carbons (Fsp3) is 0.857. The van der Waals surface area contributed by atoms with Crippen LogP contribution in [0.5, 0.6) is 0 Å². The van der Waals surface area contributed by atoms with Crippen LogP contribution in [0.3, 0.4) is 0 Å². The summed E-state index contributed by atoms with van der Waals surface area (Å²) in [6.07, 6.45) is 3.87. The maximum absolute atomic E-state index is 13.7. The standard InChI is InChI=1S/C21H34N2O5S/c1-5-8-11-22-17(25)16-21-10-9-20(4,29-21)15(19(27)28-7-3)14(21)18(26)23(16)13(6-2)12-24/h13-16,24H,5-12H2,1-4H3,(H,22,25)/t13-,14-,15-,16?,20+,21?/m0/s1. The number of aliphatic hydroxyl groups is 1. The quantitative estimate of drug-likeness (QED) is 0.431. The molecule has 7 nitrogen and oxygen atoms in total. The molecule has 0 radical (unpaired) electrons. The number of carbonyl (C=O) groups excluding carboxylic acids is 3. The third kappa shape index (κ3) is 3.36. The number of carbonyl (C=O) groups is 3. The van der Waals surface area contributed by atoms with Gasteiger partial charge in [-0.3, -0.25) is 14.4 Å². The highest BCUT2D eigenvalue weighted by Gasteiger charge is 2.77. The van der Waals surface area contributed by atoms with E-state index in [1.54, 1.807) is 23.6 Å². The van der Waals surface area contributed by atoms with Gasteiger partial charge in [0.25, 0.3) is 0 Å². The van der Waals surface area contributed by atoms with Crippen LogP contribution in [0.1, 0.15) is 59.8 Å². The summed E-state index contributed by atoms with van der Waals surface area (Å²) in [7, 11) is 0. The Morgan fingerprint density at radius 1 is 1.34 bits per heavy atom. The minimum Gasteiger partial charge on any atom is -0.466 e. The summed E-state index contributed by atoms with van der Waals surface area (Å²) >= 11 is 1.63. The van der Waals surface area contributed by atoms with Crippen molar-refractivity contribution in [3.63, 3.8) is 0 Å². The van der Waals surface area contributed by atoms with E-state index < -0.39 is 33.4 Å². The van der Waals surface area contributed by atoms with Gasteiger partial charge in [-0.05, 0) is 39.5 Å².